The van der Waals surface area contributed by atoms with E-state index < -0.39 is 22.0 Å². The molecule has 0 heterocycles. The van der Waals surface area contributed by atoms with E-state index in [-0.39, 0.29) is 18.6 Å². The fourth-order valence-corrected chi connectivity index (χ4v) is 2.65. The first-order chi connectivity index (χ1) is 9.88. The van der Waals surface area contributed by atoms with Gasteiger partial charge in [-0.25, -0.2) is 13.2 Å². The number of rotatable bonds is 7. The maximum absolute atomic E-state index is 11.8. The lowest BCUT2D eigenvalue weighted by molar-refractivity contribution is -0.140. The number of sulfonamides is 1. The predicted molar refractivity (Wildman–Crippen MR) is 76.4 cm³/mol. The maximum atomic E-state index is 11.8. The summed E-state index contributed by atoms with van der Waals surface area (Å²) in [5.74, 6) is -1.14. The summed E-state index contributed by atoms with van der Waals surface area (Å²) in [6.07, 6.45) is 0.209. The molecule has 0 saturated carbocycles. The van der Waals surface area contributed by atoms with Crippen LogP contribution >= 0.6 is 0 Å². The van der Waals surface area contributed by atoms with Crippen LogP contribution < -0.4 is 4.72 Å². The van der Waals surface area contributed by atoms with Gasteiger partial charge in [-0.15, -0.1) is 0 Å². The molecule has 0 amide bonds. The van der Waals surface area contributed by atoms with Gasteiger partial charge in [0.05, 0.1) is 25.5 Å². The number of hydrogen-bond acceptors (Lipinski definition) is 6. The highest BCUT2D eigenvalue weighted by Gasteiger charge is 2.12. The third kappa shape index (κ3) is 5.82. The summed E-state index contributed by atoms with van der Waals surface area (Å²) >= 11 is 0. The highest BCUT2D eigenvalue weighted by Crippen LogP contribution is 2.13. The molecule has 0 bridgehead atoms. The van der Waals surface area contributed by atoms with Crippen molar-refractivity contribution in [2.45, 2.75) is 12.8 Å². The number of benzene rings is 1. The Hall–Kier alpha value is -2.09. The summed E-state index contributed by atoms with van der Waals surface area (Å²) in [6.45, 7) is 0. The van der Waals surface area contributed by atoms with Crippen LogP contribution in [0.25, 0.3) is 0 Å². The zero-order valence-corrected chi connectivity index (χ0v) is 12.6. The minimum absolute atomic E-state index is 0.0404. The van der Waals surface area contributed by atoms with Gasteiger partial charge < -0.3 is 9.47 Å². The lowest BCUT2D eigenvalue weighted by Gasteiger charge is -2.08. The molecule has 1 aromatic carbocycles. The van der Waals surface area contributed by atoms with Crippen LogP contribution in [0, 0.1) is 0 Å². The lowest BCUT2D eigenvalue weighted by Crippen LogP contribution is -2.17. The van der Waals surface area contributed by atoms with E-state index >= 15 is 0 Å². The van der Waals surface area contributed by atoms with Gasteiger partial charge in [-0.3, -0.25) is 9.52 Å². The standard InChI is InChI=1S/C13H17NO6S/c1-19-12(15)4-3-9-21(17,18)14-11-7-5-10(6-8-11)13(16)20-2/h5-8,14H,3-4,9H2,1-2H3. The Morgan fingerprint density at radius 2 is 1.71 bits per heavy atom. The fourth-order valence-electron chi connectivity index (χ4n) is 1.53. The Morgan fingerprint density at radius 3 is 2.24 bits per heavy atom. The first-order valence-corrected chi connectivity index (χ1v) is 7.79. The molecule has 0 spiro atoms. The van der Waals surface area contributed by atoms with Gasteiger partial charge in [0, 0.05) is 12.1 Å². The minimum atomic E-state index is -3.55. The van der Waals surface area contributed by atoms with Gasteiger partial charge in [-0.2, -0.15) is 0 Å². The van der Waals surface area contributed by atoms with E-state index in [9.17, 15) is 18.0 Å². The Bertz CT molecular complexity index is 594. The van der Waals surface area contributed by atoms with Crippen molar-refractivity contribution in [2.75, 3.05) is 24.7 Å². The van der Waals surface area contributed by atoms with Crippen LogP contribution in [0.15, 0.2) is 24.3 Å². The van der Waals surface area contributed by atoms with E-state index in [1.54, 1.807) is 0 Å². The third-order valence-corrected chi connectivity index (χ3v) is 3.97. The number of ether oxygens (including phenoxy) is 2. The molecule has 0 aliphatic rings. The van der Waals surface area contributed by atoms with Crippen LogP contribution in [-0.2, 0) is 24.3 Å². The smallest absolute Gasteiger partial charge is 0.337 e. The van der Waals surface area contributed by atoms with Crippen molar-refractivity contribution < 1.29 is 27.5 Å². The van der Waals surface area contributed by atoms with E-state index in [1.807, 2.05) is 0 Å². The Balaban J connectivity index is 2.59. The monoisotopic (exact) mass is 315 g/mol. The van der Waals surface area contributed by atoms with Crippen molar-refractivity contribution in [3.05, 3.63) is 29.8 Å². The van der Waals surface area contributed by atoms with E-state index in [1.165, 1.54) is 38.5 Å². The van der Waals surface area contributed by atoms with Crippen LogP contribution in [0.2, 0.25) is 0 Å². The summed E-state index contributed by atoms with van der Waals surface area (Å²) in [6, 6.07) is 5.84. The zero-order chi connectivity index (χ0) is 15.9. The van der Waals surface area contributed by atoms with Crippen molar-refractivity contribution in [2.24, 2.45) is 0 Å². The second kappa shape index (κ2) is 7.63. The van der Waals surface area contributed by atoms with Crippen molar-refractivity contribution >= 4 is 27.6 Å². The van der Waals surface area contributed by atoms with Crippen molar-refractivity contribution in [3.8, 4) is 0 Å². The summed E-state index contributed by atoms with van der Waals surface area (Å²) in [4.78, 5) is 22.1. The molecule has 0 aromatic heterocycles. The zero-order valence-electron chi connectivity index (χ0n) is 11.8. The minimum Gasteiger partial charge on any atom is -0.469 e. The number of nitrogens with one attached hydrogen (secondary N) is 1. The van der Waals surface area contributed by atoms with Gasteiger partial charge in [0.15, 0.2) is 0 Å². The number of methoxy groups -OCH3 is 2. The normalized spacial score (nSPS) is 10.8. The van der Waals surface area contributed by atoms with Crippen LogP contribution in [0.1, 0.15) is 23.2 Å². The van der Waals surface area contributed by atoms with E-state index in [4.69, 9.17) is 0 Å². The van der Waals surface area contributed by atoms with Crippen molar-refractivity contribution in [3.63, 3.8) is 0 Å². The highest BCUT2D eigenvalue weighted by molar-refractivity contribution is 7.92. The molecule has 0 atom stereocenters. The lowest BCUT2D eigenvalue weighted by atomic mass is 10.2. The van der Waals surface area contributed by atoms with Crippen LogP contribution in [-0.4, -0.2) is 40.3 Å². The molecule has 8 heteroatoms. The van der Waals surface area contributed by atoms with Crippen molar-refractivity contribution in [1.82, 2.24) is 0 Å². The van der Waals surface area contributed by atoms with Crippen LogP contribution in [0.5, 0.6) is 0 Å². The van der Waals surface area contributed by atoms with E-state index in [0.29, 0.717) is 11.3 Å². The second-order valence-corrected chi connectivity index (χ2v) is 6.01. The van der Waals surface area contributed by atoms with Crippen LogP contribution in [0.4, 0.5) is 5.69 Å². The van der Waals surface area contributed by atoms with E-state index in [2.05, 4.69) is 14.2 Å². The van der Waals surface area contributed by atoms with Gasteiger partial charge in [0.2, 0.25) is 10.0 Å². The van der Waals surface area contributed by atoms with Gasteiger partial charge in [0.25, 0.3) is 0 Å². The van der Waals surface area contributed by atoms with Crippen molar-refractivity contribution in [1.29, 1.82) is 0 Å². The fraction of sp³-hybridized carbons (Fsp3) is 0.385. The molecular weight excluding hydrogens is 298 g/mol. The molecule has 0 radical (unpaired) electrons. The topological polar surface area (TPSA) is 98.8 Å². The predicted octanol–water partition coefficient (Wildman–Crippen LogP) is 1.17. The van der Waals surface area contributed by atoms with Gasteiger partial charge >= 0.3 is 11.9 Å². The number of carbonyl (C=O) groups excluding carboxylic acids is 2. The molecule has 0 aliphatic heterocycles. The Labute approximate surface area is 123 Å². The number of esters is 2. The SMILES string of the molecule is COC(=O)CCCS(=O)(=O)Nc1ccc(C(=O)OC)cc1. The number of hydrogen-bond donors (Lipinski definition) is 1. The molecule has 0 aliphatic carbocycles. The average Bonchev–Trinajstić information content (AvgIpc) is 2.46. The Morgan fingerprint density at radius 1 is 1.10 bits per heavy atom. The molecule has 116 valence electrons. The van der Waals surface area contributed by atoms with Gasteiger partial charge in [-0.05, 0) is 30.7 Å². The van der Waals surface area contributed by atoms with Gasteiger partial charge in [0.1, 0.15) is 0 Å². The average molecular weight is 315 g/mol. The first-order valence-electron chi connectivity index (χ1n) is 6.13. The quantitative estimate of drug-likeness (QED) is 0.758. The van der Waals surface area contributed by atoms with Gasteiger partial charge in [-0.1, -0.05) is 0 Å². The highest BCUT2D eigenvalue weighted by atomic mass is 32.2. The van der Waals surface area contributed by atoms with Crippen LogP contribution in [0.3, 0.4) is 0 Å². The maximum Gasteiger partial charge on any atom is 0.337 e. The molecule has 0 saturated heterocycles. The molecule has 0 unspecified atom stereocenters. The summed E-state index contributed by atoms with van der Waals surface area (Å²) in [5, 5.41) is 0. The summed E-state index contributed by atoms with van der Waals surface area (Å²) < 4.78 is 34.9. The largest absolute Gasteiger partial charge is 0.469 e. The number of anilines is 1. The summed E-state index contributed by atoms with van der Waals surface area (Å²) in [7, 11) is -1.04. The van der Waals surface area contributed by atoms with E-state index in [0.717, 1.165) is 0 Å². The second-order valence-electron chi connectivity index (χ2n) is 4.17. The first kappa shape index (κ1) is 17.0. The molecular formula is C13H17NO6S. The molecule has 1 N–H and O–H groups in total. The third-order valence-electron chi connectivity index (χ3n) is 2.60. The molecule has 7 nitrogen and oxygen atoms in total. The molecule has 21 heavy (non-hydrogen) atoms. The molecule has 1 rings (SSSR count). The number of carbonyl (C=O) groups is 2. The molecule has 0 fully saturated rings. The Kier molecular flexibility index (Phi) is 6.16. The summed E-state index contributed by atoms with van der Waals surface area (Å²) in [5.41, 5.74) is 0.659. The molecule has 1 aromatic rings.